The number of aryl methyl sites for hydroxylation is 1. The van der Waals surface area contributed by atoms with Crippen molar-refractivity contribution in [2.24, 2.45) is 18.4 Å². The minimum Gasteiger partial charge on any atom is -0.408 e. The molecule has 0 aliphatic carbocycles. The van der Waals surface area contributed by atoms with Crippen molar-refractivity contribution >= 4 is 11.1 Å². The number of aliphatic hydroxyl groups excluding tert-OH is 1. The number of rotatable bonds is 3. The smallest absolute Gasteiger partial charge is 0.408 e. The van der Waals surface area contributed by atoms with E-state index in [1.807, 2.05) is 12.1 Å². The van der Waals surface area contributed by atoms with Gasteiger partial charge in [0.2, 0.25) is 0 Å². The molecule has 0 aliphatic rings. The van der Waals surface area contributed by atoms with E-state index in [-0.39, 0.29) is 11.2 Å². The topological polar surface area (TPSA) is 55.4 Å². The maximum absolute atomic E-state index is 11.5. The minimum atomic E-state index is -0.542. The average molecular weight is 277 g/mol. The fourth-order valence-corrected chi connectivity index (χ4v) is 2.18. The number of aliphatic hydroxyl groups is 1. The first-order valence-corrected chi connectivity index (χ1v) is 6.97. The van der Waals surface area contributed by atoms with Gasteiger partial charge in [0.15, 0.2) is 5.58 Å². The molecule has 1 aromatic heterocycles. The molecule has 0 saturated heterocycles. The Morgan fingerprint density at radius 1 is 1.35 bits per heavy atom. The molecule has 4 nitrogen and oxygen atoms in total. The number of hydrogen-bond acceptors (Lipinski definition) is 3. The molecule has 2 aromatic rings. The molecule has 0 amide bonds. The molecule has 2 atom stereocenters. The molecule has 0 radical (unpaired) electrons. The number of fused-ring (bicyclic) bond motifs is 1. The second-order valence-electron chi connectivity index (χ2n) is 6.67. The summed E-state index contributed by atoms with van der Waals surface area (Å²) in [5, 5.41) is 10.4. The Bertz CT molecular complexity index is 660. The van der Waals surface area contributed by atoms with E-state index >= 15 is 0 Å². The lowest BCUT2D eigenvalue weighted by molar-refractivity contribution is 0.111. The van der Waals surface area contributed by atoms with Gasteiger partial charge in [-0.15, -0.1) is 0 Å². The molecule has 2 rings (SSSR count). The molecule has 0 fully saturated rings. The molecular formula is C16H23NO3. The van der Waals surface area contributed by atoms with Crippen molar-refractivity contribution in [1.82, 2.24) is 4.57 Å². The second kappa shape index (κ2) is 5.09. The molecule has 110 valence electrons. The maximum Gasteiger partial charge on any atom is 0.419 e. The highest BCUT2D eigenvalue weighted by atomic mass is 16.4. The predicted molar refractivity (Wildman–Crippen MR) is 79.7 cm³/mol. The first-order valence-electron chi connectivity index (χ1n) is 6.97. The monoisotopic (exact) mass is 277 g/mol. The minimum absolute atomic E-state index is 0.157. The van der Waals surface area contributed by atoms with Crippen molar-refractivity contribution in [2.45, 2.75) is 40.2 Å². The highest BCUT2D eigenvalue weighted by molar-refractivity contribution is 5.73. The van der Waals surface area contributed by atoms with Crippen molar-refractivity contribution in [3.05, 3.63) is 34.3 Å². The van der Waals surface area contributed by atoms with E-state index in [1.54, 1.807) is 13.1 Å². The summed E-state index contributed by atoms with van der Waals surface area (Å²) in [5.74, 6) is 0.00526. The normalized spacial score (nSPS) is 15.5. The summed E-state index contributed by atoms with van der Waals surface area (Å²) in [6, 6.07) is 5.44. The molecule has 0 aliphatic heterocycles. The van der Waals surface area contributed by atoms with E-state index < -0.39 is 6.10 Å². The van der Waals surface area contributed by atoms with Crippen LogP contribution in [0.1, 0.15) is 45.8 Å². The summed E-state index contributed by atoms with van der Waals surface area (Å²) in [6.07, 6.45) is 0.144. The highest BCUT2D eigenvalue weighted by Gasteiger charge is 2.23. The van der Waals surface area contributed by atoms with Gasteiger partial charge < -0.3 is 9.52 Å². The zero-order valence-corrected chi connectivity index (χ0v) is 12.8. The summed E-state index contributed by atoms with van der Waals surface area (Å²) in [6.45, 7) is 8.65. The summed E-state index contributed by atoms with van der Waals surface area (Å²) in [7, 11) is 1.67. The summed E-state index contributed by atoms with van der Waals surface area (Å²) < 4.78 is 6.62. The van der Waals surface area contributed by atoms with Crippen LogP contribution in [0.3, 0.4) is 0 Å². The van der Waals surface area contributed by atoms with Crippen molar-refractivity contribution in [3.8, 4) is 0 Å². The van der Waals surface area contributed by atoms with E-state index in [0.717, 1.165) is 11.1 Å². The predicted octanol–water partition coefficient (Wildman–Crippen LogP) is 3.24. The van der Waals surface area contributed by atoms with Crippen LogP contribution in [0, 0.1) is 11.3 Å². The van der Waals surface area contributed by atoms with Crippen LogP contribution in [-0.4, -0.2) is 9.67 Å². The van der Waals surface area contributed by atoms with Crippen molar-refractivity contribution in [1.29, 1.82) is 0 Å². The molecule has 20 heavy (non-hydrogen) atoms. The Balaban J connectivity index is 2.27. The summed E-state index contributed by atoms with van der Waals surface area (Å²) in [5.41, 5.74) is 2.22. The Labute approximate surface area is 119 Å². The Morgan fingerprint density at radius 2 is 2.00 bits per heavy atom. The van der Waals surface area contributed by atoms with Crippen LogP contribution in [-0.2, 0) is 7.05 Å². The lowest BCUT2D eigenvalue weighted by atomic mass is 9.78. The van der Waals surface area contributed by atoms with Crippen LogP contribution in [0.4, 0.5) is 0 Å². The van der Waals surface area contributed by atoms with Gasteiger partial charge in [-0.1, -0.05) is 33.8 Å². The largest absolute Gasteiger partial charge is 0.419 e. The van der Waals surface area contributed by atoms with Crippen LogP contribution in [0.25, 0.3) is 11.1 Å². The molecule has 2 unspecified atom stereocenters. The summed E-state index contributed by atoms with van der Waals surface area (Å²) in [4.78, 5) is 11.5. The quantitative estimate of drug-likeness (QED) is 0.937. The Morgan fingerprint density at radius 3 is 2.60 bits per heavy atom. The number of benzene rings is 1. The van der Waals surface area contributed by atoms with Crippen molar-refractivity contribution in [3.63, 3.8) is 0 Å². The third-order valence-electron chi connectivity index (χ3n) is 4.26. The fraction of sp³-hybridized carbons (Fsp3) is 0.562. The van der Waals surface area contributed by atoms with Crippen LogP contribution in [0.15, 0.2) is 27.4 Å². The van der Waals surface area contributed by atoms with Gasteiger partial charge in [-0.05, 0) is 35.4 Å². The SMILES string of the molecule is CC(CC(O)c1ccc2c(c1)oc(=O)n2C)C(C)(C)C. The van der Waals surface area contributed by atoms with Gasteiger partial charge in [-0.2, -0.15) is 0 Å². The molecule has 0 spiro atoms. The zero-order chi connectivity index (χ0) is 15.1. The summed E-state index contributed by atoms with van der Waals surface area (Å²) >= 11 is 0. The fourth-order valence-electron chi connectivity index (χ4n) is 2.18. The lowest BCUT2D eigenvalue weighted by Crippen LogP contribution is -2.19. The van der Waals surface area contributed by atoms with Gasteiger partial charge in [0.25, 0.3) is 0 Å². The second-order valence-corrected chi connectivity index (χ2v) is 6.67. The van der Waals surface area contributed by atoms with E-state index in [1.165, 1.54) is 4.57 Å². The van der Waals surface area contributed by atoms with Crippen molar-refractivity contribution in [2.75, 3.05) is 0 Å². The van der Waals surface area contributed by atoms with E-state index in [9.17, 15) is 9.90 Å². The Kier molecular flexibility index (Phi) is 3.78. The number of hydrogen-bond donors (Lipinski definition) is 1. The van der Waals surface area contributed by atoms with Gasteiger partial charge in [0, 0.05) is 7.05 Å². The molecule has 1 aromatic carbocycles. The average Bonchev–Trinajstić information content (AvgIpc) is 2.63. The van der Waals surface area contributed by atoms with Gasteiger partial charge in [-0.3, -0.25) is 4.57 Å². The molecular weight excluding hydrogens is 254 g/mol. The van der Waals surface area contributed by atoms with Gasteiger partial charge >= 0.3 is 5.76 Å². The zero-order valence-electron chi connectivity index (χ0n) is 12.8. The van der Waals surface area contributed by atoms with E-state index in [4.69, 9.17) is 4.42 Å². The Hall–Kier alpha value is -1.55. The van der Waals surface area contributed by atoms with Gasteiger partial charge in [-0.25, -0.2) is 4.79 Å². The maximum atomic E-state index is 11.5. The van der Waals surface area contributed by atoms with Crippen LogP contribution >= 0.6 is 0 Å². The number of aromatic nitrogens is 1. The van der Waals surface area contributed by atoms with E-state index in [2.05, 4.69) is 27.7 Å². The van der Waals surface area contributed by atoms with E-state index in [0.29, 0.717) is 17.9 Å². The van der Waals surface area contributed by atoms with Crippen molar-refractivity contribution < 1.29 is 9.52 Å². The molecule has 1 heterocycles. The third-order valence-corrected chi connectivity index (χ3v) is 4.26. The van der Waals surface area contributed by atoms with Crippen LogP contribution in [0.2, 0.25) is 0 Å². The molecule has 1 N–H and O–H groups in total. The highest BCUT2D eigenvalue weighted by Crippen LogP contribution is 2.33. The van der Waals surface area contributed by atoms with Crippen LogP contribution < -0.4 is 5.76 Å². The lowest BCUT2D eigenvalue weighted by Gasteiger charge is -2.29. The standard InChI is InChI=1S/C16H23NO3/c1-10(16(2,3)4)8-13(18)11-6-7-12-14(9-11)20-15(19)17(12)5/h6-7,9-10,13,18H,8H2,1-5H3. The number of oxazole rings is 1. The molecule has 0 saturated carbocycles. The molecule has 0 bridgehead atoms. The van der Waals surface area contributed by atoms with Crippen LogP contribution in [0.5, 0.6) is 0 Å². The van der Waals surface area contributed by atoms with Gasteiger partial charge in [0.1, 0.15) is 0 Å². The molecule has 4 heteroatoms. The number of nitrogens with zero attached hydrogens (tertiary/aromatic N) is 1. The third kappa shape index (κ3) is 2.80. The van der Waals surface area contributed by atoms with Gasteiger partial charge in [0.05, 0.1) is 11.6 Å². The first kappa shape index (κ1) is 14.9. The first-order chi connectivity index (χ1) is 9.20.